The Bertz CT molecular complexity index is 1630. The van der Waals surface area contributed by atoms with E-state index in [1.807, 2.05) is 19.9 Å². The maximum atomic E-state index is 13.6. The number of carbonyl (C=O) groups is 2. The number of thiazole rings is 1. The minimum Gasteiger partial charge on any atom is -0.507 e. The molecule has 1 aromatic heterocycles. The van der Waals surface area contributed by atoms with E-state index in [0.717, 1.165) is 11.1 Å². The highest BCUT2D eigenvalue weighted by Crippen LogP contribution is 2.46. The van der Waals surface area contributed by atoms with Crippen molar-refractivity contribution in [2.24, 2.45) is 0 Å². The van der Waals surface area contributed by atoms with Gasteiger partial charge in [0.25, 0.3) is 5.78 Å². The van der Waals surface area contributed by atoms with E-state index in [4.69, 9.17) is 14.2 Å². The first-order chi connectivity index (χ1) is 19.9. The van der Waals surface area contributed by atoms with E-state index >= 15 is 0 Å². The van der Waals surface area contributed by atoms with Gasteiger partial charge in [0.2, 0.25) is 0 Å². The summed E-state index contributed by atoms with van der Waals surface area (Å²) < 4.78 is 17.6. The number of benzene rings is 3. The number of rotatable bonds is 10. The molecule has 5 rings (SSSR count). The van der Waals surface area contributed by atoms with E-state index in [0.29, 0.717) is 48.0 Å². The van der Waals surface area contributed by atoms with Crippen LogP contribution in [-0.4, -0.2) is 46.7 Å². The number of Topliss-reactive ketones (excluding diaryl/α,β-unsaturated/α-hetero) is 1. The van der Waals surface area contributed by atoms with Crippen molar-refractivity contribution in [3.8, 4) is 23.0 Å². The molecule has 0 aliphatic carbocycles. The Hall–Kier alpha value is -4.57. The van der Waals surface area contributed by atoms with Gasteiger partial charge in [-0.25, -0.2) is 4.98 Å². The predicted molar refractivity (Wildman–Crippen MR) is 157 cm³/mol. The van der Waals surface area contributed by atoms with Gasteiger partial charge in [0.15, 0.2) is 16.6 Å². The molecule has 1 atom stereocenters. The number of phenols is 1. The maximum absolute atomic E-state index is 13.6. The summed E-state index contributed by atoms with van der Waals surface area (Å²) in [6.45, 7) is 7.02. The maximum Gasteiger partial charge on any atom is 0.301 e. The molecule has 4 aromatic rings. The number of amides is 1. The monoisotopic (exact) mass is 574 g/mol. The van der Waals surface area contributed by atoms with E-state index in [-0.39, 0.29) is 28.0 Å². The lowest BCUT2D eigenvalue weighted by atomic mass is 9.95. The van der Waals surface area contributed by atoms with Gasteiger partial charge in [-0.05, 0) is 80.4 Å². The Kier molecular flexibility index (Phi) is 8.11. The minimum atomic E-state index is -1.03. The zero-order chi connectivity index (χ0) is 29.1. The van der Waals surface area contributed by atoms with Crippen LogP contribution in [-0.2, 0) is 9.59 Å². The normalized spacial score (nSPS) is 16.4. The number of aromatic hydroxyl groups is 1. The van der Waals surface area contributed by atoms with E-state index < -0.39 is 17.7 Å². The Morgan fingerprint density at radius 1 is 0.927 bits per heavy atom. The molecule has 9 nitrogen and oxygen atoms in total. The molecule has 1 aliphatic heterocycles. The molecule has 10 heteroatoms. The lowest BCUT2D eigenvalue weighted by Gasteiger charge is -2.23. The topological polar surface area (TPSA) is 118 Å². The number of fused-ring (bicyclic) bond motifs is 1. The number of phenolic OH excluding ortho intramolecular Hbond substituents is 1. The van der Waals surface area contributed by atoms with Gasteiger partial charge in [-0.15, -0.1) is 0 Å². The fraction of sp³-hybridized carbons (Fsp3) is 0.258. The number of ketones is 1. The van der Waals surface area contributed by atoms with Crippen molar-refractivity contribution in [2.45, 2.75) is 33.2 Å². The Balaban J connectivity index is 1.66. The molecule has 3 aromatic carbocycles. The van der Waals surface area contributed by atoms with Gasteiger partial charge in [-0.2, -0.15) is 0 Å². The van der Waals surface area contributed by atoms with Crippen LogP contribution >= 0.6 is 11.3 Å². The second-order valence-corrected chi connectivity index (χ2v) is 10.3. The fourth-order valence-corrected chi connectivity index (χ4v) is 5.67. The zero-order valence-corrected chi connectivity index (χ0v) is 23.7. The van der Waals surface area contributed by atoms with Gasteiger partial charge in [0, 0.05) is 5.56 Å². The minimum absolute atomic E-state index is 0.0846. The smallest absolute Gasteiger partial charge is 0.301 e. The van der Waals surface area contributed by atoms with Gasteiger partial charge >= 0.3 is 5.91 Å². The van der Waals surface area contributed by atoms with Crippen molar-refractivity contribution in [2.75, 3.05) is 24.7 Å². The highest BCUT2D eigenvalue weighted by molar-refractivity contribution is 7.22. The molecule has 0 spiro atoms. The molecule has 1 amide bonds. The predicted octanol–water partition coefficient (Wildman–Crippen LogP) is 6.21. The van der Waals surface area contributed by atoms with Crippen LogP contribution in [0.1, 0.15) is 44.4 Å². The summed E-state index contributed by atoms with van der Waals surface area (Å²) in [6, 6.07) is 15.7. The highest BCUT2D eigenvalue weighted by Gasteiger charge is 2.48. The van der Waals surface area contributed by atoms with Crippen LogP contribution in [0.5, 0.6) is 23.0 Å². The molecule has 1 fully saturated rings. The van der Waals surface area contributed by atoms with Crippen molar-refractivity contribution < 1.29 is 34.0 Å². The number of hydrogen-bond donors (Lipinski definition) is 2. The van der Waals surface area contributed by atoms with Crippen LogP contribution in [0.3, 0.4) is 0 Å². The lowest BCUT2D eigenvalue weighted by Crippen LogP contribution is -2.29. The summed E-state index contributed by atoms with van der Waals surface area (Å²) in [7, 11) is 0. The highest BCUT2D eigenvalue weighted by atomic mass is 32.1. The molecular weight excluding hydrogens is 544 g/mol. The number of nitrogens with zero attached hydrogens (tertiary/aromatic N) is 2. The Morgan fingerprint density at radius 2 is 1.66 bits per heavy atom. The third-order valence-corrected chi connectivity index (χ3v) is 7.53. The summed E-state index contributed by atoms with van der Waals surface area (Å²) in [6.07, 6.45) is 0.847. The summed E-state index contributed by atoms with van der Waals surface area (Å²) in [4.78, 5) is 33.1. The molecule has 212 valence electrons. The summed E-state index contributed by atoms with van der Waals surface area (Å²) >= 11 is 1.24. The lowest BCUT2D eigenvalue weighted by molar-refractivity contribution is -0.132. The number of aromatic nitrogens is 1. The summed E-state index contributed by atoms with van der Waals surface area (Å²) in [5.41, 5.74) is 1.35. The average molecular weight is 575 g/mol. The molecule has 2 N–H and O–H groups in total. The van der Waals surface area contributed by atoms with Crippen molar-refractivity contribution in [1.29, 1.82) is 0 Å². The van der Waals surface area contributed by atoms with Crippen LogP contribution in [0, 0.1) is 0 Å². The number of hydrogen-bond acceptors (Lipinski definition) is 9. The quantitative estimate of drug-likeness (QED) is 0.130. The molecule has 2 heterocycles. The van der Waals surface area contributed by atoms with Crippen molar-refractivity contribution in [3.63, 3.8) is 0 Å². The first kappa shape index (κ1) is 28.0. The van der Waals surface area contributed by atoms with Crippen LogP contribution < -0.4 is 19.1 Å². The third kappa shape index (κ3) is 5.43. The second-order valence-electron chi connectivity index (χ2n) is 9.26. The zero-order valence-electron chi connectivity index (χ0n) is 22.9. The van der Waals surface area contributed by atoms with Crippen LogP contribution in [0.4, 0.5) is 5.13 Å². The standard InChI is InChI=1S/C31H30N2O7S/c1-4-15-40-20-10-7-18(8-11-20)28(35)26-27(19-9-14-23(34)24(16-19)39-6-3)33(30(37)29(26)36)31-32-22-13-12-21(38-5-2)17-25(22)41-31/h7-14,16-17,27,34-35H,4-6,15H2,1-3H3/b28-26+. The first-order valence-electron chi connectivity index (χ1n) is 13.4. The fourth-order valence-electron chi connectivity index (χ4n) is 4.65. The molecule has 41 heavy (non-hydrogen) atoms. The molecular formula is C31H30N2O7S. The van der Waals surface area contributed by atoms with Gasteiger partial charge in [-0.1, -0.05) is 24.3 Å². The Labute approximate surface area is 241 Å². The number of ether oxygens (including phenoxy) is 3. The van der Waals surface area contributed by atoms with Gasteiger partial charge < -0.3 is 24.4 Å². The third-order valence-electron chi connectivity index (χ3n) is 6.51. The largest absolute Gasteiger partial charge is 0.507 e. The molecule has 1 saturated heterocycles. The van der Waals surface area contributed by atoms with E-state index in [2.05, 4.69) is 4.98 Å². The number of carbonyl (C=O) groups excluding carboxylic acids is 2. The molecule has 1 aliphatic rings. The van der Waals surface area contributed by atoms with Gasteiger partial charge in [-0.3, -0.25) is 14.5 Å². The molecule has 0 bridgehead atoms. The SMILES string of the molecule is CCCOc1ccc(/C(O)=C2\C(=O)C(=O)N(c3nc4ccc(OCC)cc4s3)C2c2ccc(O)c(OCC)c2)cc1. The van der Waals surface area contributed by atoms with E-state index in [1.54, 1.807) is 55.5 Å². The number of aliphatic hydroxyl groups excluding tert-OH is 1. The first-order valence-corrected chi connectivity index (χ1v) is 14.2. The van der Waals surface area contributed by atoms with E-state index in [1.165, 1.54) is 22.3 Å². The van der Waals surface area contributed by atoms with Crippen LogP contribution in [0.25, 0.3) is 16.0 Å². The molecule has 1 unspecified atom stereocenters. The van der Waals surface area contributed by atoms with Gasteiger partial charge in [0.1, 0.15) is 17.3 Å². The number of aliphatic hydroxyl groups is 1. The van der Waals surface area contributed by atoms with Crippen molar-refractivity contribution in [3.05, 3.63) is 77.4 Å². The van der Waals surface area contributed by atoms with Crippen molar-refractivity contribution in [1.82, 2.24) is 4.98 Å². The Morgan fingerprint density at radius 3 is 2.37 bits per heavy atom. The summed E-state index contributed by atoms with van der Waals surface area (Å²) in [5.74, 6) is -0.601. The average Bonchev–Trinajstić information content (AvgIpc) is 3.51. The van der Waals surface area contributed by atoms with E-state index in [9.17, 15) is 19.8 Å². The van der Waals surface area contributed by atoms with Crippen LogP contribution in [0.15, 0.2) is 66.2 Å². The van der Waals surface area contributed by atoms with Gasteiger partial charge in [0.05, 0.1) is 41.7 Å². The number of anilines is 1. The second kappa shape index (κ2) is 11.9. The summed E-state index contributed by atoms with van der Waals surface area (Å²) in [5, 5.41) is 22.1. The molecule has 0 radical (unpaired) electrons. The molecule has 0 saturated carbocycles. The van der Waals surface area contributed by atoms with Crippen LogP contribution in [0.2, 0.25) is 0 Å². The van der Waals surface area contributed by atoms with Crippen molar-refractivity contribution >= 4 is 44.1 Å².